The average molecular weight is 181 g/mol. The van der Waals surface area contributed by atoms with Crippen LogP contribution in [0.25, 0.3) is 0 Å². The van der Waals surface area contributed by atoms with E-state index in [1.165, 1.54) is 30.5 Å². The van der Waals surface area contributed by atoms with Crippen LogP contribution >= 0.6 is 0 Å². The standard InChI is InChI=1S/C9H8FNO2/c10-7-1-3-8(4-2-7)11-6-5-9(12)13/h1-6,11H,(H,12,13)/b6-5+. The van der Waals surface area contributed by atoms with Crippen molar-refractivity contribution in [3.63, 3.8) is 0 Å². The molecule has 0 aliphatic heterocycles. The molecule has 0 fully saturated rings. The third kappa shape index (κ3) is 3.37. The minimum absolute atomic E-state index is 0.326. The maximum atomic E-state index is 12.4. The van der Waals surface area contributed by atoms with E-state index in [1.807, 2.05) is 0 Å². The maximum absolute atomic E-state index is 12.4. The molecule has 4 heteroatoms. The Bertz CT molecular complexity index is 319. The van der Waals surface area contributed by atoms with E-state index in [9.17, 15) is 9.18 Å². The Kier molecular flexibility index (Phi) is 3.03. The first kappa shape index (κ1) is 9.25. The zero-order valence-electron chi connectivity index (χ0n) is 6.70. The molecule has 2 N–H and O–H groups in total. The van der Waals surface area contributed by atoms with Crippen LogP contribution in [-0.4, -0.2) is 11.1 Å². The summed E-state index contributed by atoms with van der Waals surface area (Å²) in [5, 5.41) is 10.9. The minimum atomic E-state index is -1.03. The van der Waals surface area contributed by atoms with Gasteiger partial charge in [0.1, 0.15) is 5.82 Å². The normalized spacial score (nSPS) is 10.2. The second-order valence-corrected chi connectivity index (χ2v) is 2.32. The van der Waals surface area contributed by atoms with Gasteiger partial charge in [0.15, 0.2) is 0 Å². The van der Waals surface area contributed by atoms with Crippen LogP contribution in [-0.2, 0) is 4.79 Å². The van der Waals surface area contributed by atoms with E-state index in [0.717, 1.165) is 6.08 Å². The highest BCUT2D eigenvalue weighted by molar-refractivity contribution is 5.80. The van der Waals surface area contributed by atoms with Crippen molar-refractivity contribution in [2.24, 2.45) is 0 Å². The highest BCUT2D eigenvalue weighted by Gasteiger charge is 1.90. The summed E-state index contributed by atoms with van der Waals surface area (Å²) in [5.41, 5.74) is 0.638. The number of hydrogen-bond acceptors (Lipinski definition) is 2. The van der Waals surface area contributed by atoms with Gasteiger partial charge in [-0.05, 0) is 24.3 Å². The number of carbonyl (C=O) groups is 1. The van der Waals surface area contributed by atoms with E-state index >= 15 is 0 Å². The molecular weight excluding hydrogens is 173 g/mol. The van der Waals surface area contributed by atoms with E-state index in [-0.39, 0.29) is 5.82 Å². The Morgan fingerprint density at radius 2 is 2.00 bits per heavy atom. The molecule has 13 heavy (non-hydrogen) atoms. The Hall–Kier alpha value is -1.84. The first-order chi connectivity index (χ1) is 6.18. The molecule has 1 aromatic rings. The van der Waals surface area contributed by atoms with E-state index in [2.05, 4.69) is 5.32 Å². The van der Waals surface area contributed by atoms with Gasteiger partial charge in [0, 0.05) is 18.0 Å². The zero-order chi connectivity index (χ0) is 9.68. The summed E-state index contributed by atoms with van der Waals surface area (Å²) in [7, 11) is 0. The van der Waals surface area contributed by atoms with Gasteiger partial charge in [-0.2, -0.15) is 0 Å². The first-order valence-electron chi connectivity index (χ1n) is 3.60. The molecule has 0 atom stereocenters. The number of nitrogens with one attached hydrogen (secondary N) is 1. The minimum Gasteiger partial charge on any atom is -0.478 e. The number of hydrogen-bond donors (Lipinski definition) is 2. The lowest BCUT2D eigenvalue weighted by molar-refractivity contribution is -0.131. The van der Waals surface area contributed by atoms with Crippen molar-refractivity contribution in [2.75, 3.05) is 5.32 Å². The van der Waals surface area contributed by atoms with Crippen LogP contribution in [0.4, 0.5) is 10.1 Å². The second-order valence-electron chi connectivity index (χ2n) is 2.32. The summed E-state index contributed by atoms with van der Waals surface area (Å²) in [4.78, 5) is 10.1. The lowest BCUT2D eigenvalue weighted by Gasteiger charge is -1.98. The number of anilines is 1. The van der Waals surface area contributed by atoms with Crippen LogP contribution in [0.2, 0.25) is 0 Å². The summed E-state index contributed by atoms with van der Waals surface area (Å²) in [6.07, 6.45) is 2.24. The monoisotopic (exact) mass is 181 g/mol. The molecule has 0 aromatic heterocycles. The Morgan fingerprint density at radius 3 is 2.54 bits per heavy atom. The number of halogens is 1. The van der Waals surface area contributed by atoms with E-state index in [0.29, 0.717) is 5.69 Å². The predicted octanol–water partition coefficient (Wildman–Crippen LogP) is 1.84. The Morgan fingerprint density at radius 1 is 1.38 bits per heavy atom. The van der Waals surface area contributed by atoms with Gasteiger partial charge < -0.3 is 10.4 Å². The van der Waals surface area contributed by atoms with Crippen molar-refractivity contribution in [3.05, 3.63) is 42.4 Å². The molecule has 0 spiro atoms. The fourth-order valence-corrected chi connectivity index (χ4v) is 0.755. The quantitative estimate of drug-likeness (QED) is 0.699. The van der Waals surface area contributed by atoms with Gasteiger partial charge in [-0.25, -0.2) is 9.18 Å². The molecule has 0 saturated heterocycles. The van der Waals surface area contributed by atoms with Crippen LogP contribution in [0.5, 0.6) is 0 Å². The fraction of sp³-hybridized carbons (Fsp3) is 0. The summed E-state index contributed by atoms with van der Waals surface area (Å²) in [5.74, 6) is -1.36. The van der Waals surface area contributed by atoms with Crippen LogP contribution in [0, 0.1) is 5.82 Å². The largest absolute Gasteiger partial charge is 0.478 e. The van der Waals surface area contributed by atoms with E-state index in [1.54, 1.807) is 0 Å². The van der Waals surface area contributed by atoms with Crippen molar-refractivity contribution >= 4 is 11.7 Å². The number of aliphatic carboxylic acids is 1. The molecule has 1 aromatic carbocycles. The molecule has 0 aliphatic rings. The molecule has 0 unspecified atom stereocenters. The van der Waals surface area contributed by atoms with E-state index < -0.39 is 5.97 Å². The summed E-state index contributed by atoms with van der Waals surface area (Å²) >= 11 is 0. The third-order valence-electron chi connectivity index (χ3n) is 1.32. The van der Waals surface area contributed by atoms with Crippen molar-refractivity contribution < 1.29 is 14.3 Å². The van der Waals surface area contributed by atoms with Gasteiger partial charge in [-0.3, -0.25) is 0 Å². The molecular formula is C9H8FNO2. The number of carboxylic acids is 1. The topological polar surface area (TPSA) is 49.3 Å². The molecule has 0 saturated carbocycles. The second kappa shape index (κ2) is 4.25. The van der Waals surface area contributed by atoms with Gasteiger partial charge in [0.05, 0.1) is 0 Å². The summed E-state index contributed by atoms with van der Waals surface area (Å²) in [6.45, 7) is 0. The van der Waals surface area contributed by atoms with E-state index in [4.69, 9.17) is 5.11 Å². The lowest BCUT2D eigenvalue weighted by Crippen LogP contribution is -1.91. The SMILES string of the molecule is O=C(O)/C=C/Nc1ccc(F)cc1. The van der Waals surface area contributed by atoms with Gasteiger partial charge in [-0.1, -0.05) is 0 Å². The molecule has 0 radical (unpaired) electrons. The molecule has 3 nitrogen and oxygen atoms in total. The summed E-state index contributed by atoms with van der Waals surface area (Å²) in [6, 6.07) is 5.61. The maximum Gasteiger partial charge on any atom is 0.329 e. The molecule has 0 aliphatic carbocycles. The highest BCUT2D eigenvalue weighted by atomic mass is 19.1. The molecule has 68 valence electrons. The van der Waals surface area contributed by atoms with Gasteiger partial charge >= 0.3 is 5.97 Å². The summed E-state index contributed by atoms with van der Waals surface area (Å²) < 4.78 is 12.4. The Labute approximate surface area is 74.5 Å². The van der Waals surface area contributed by atoms with Gasteiger partial charge in [-0.15, -0.1) is 0 Å². The average Bonchev–Trinajstić information content (AvgIpc) is 2.08. The molecule has 0 amide bonds. The third-order valence-corrected chi connectivity index (χ3v) is 1.32. The highest BCUT2D eigenvalue weighted by Crippen LogP contribution is 2.07. The van der Waals surface area contributed by atoms with Crippen LogP contribution in [0.3, 0.4) is 0 Å². The molecule has 1 rings (SSSR count). The van der Waals surface area contributed by atoms with Crippen molar-refractivity contribution in [2.45, 2.75) is 0 Å². The number of benzene rings is 1. The van der Waals surface area contributed by atoms with Crippen molar-refractivity contribution in [3.8, 4) is 0 Å². The lowest BCUT2D eigenvalue weighted by atomic mass is 10.3. The van der Waals surface area contributed by atoms with Crippen molar-refractivity contribution in [1.82, 2.24) is 0 Å². The number of carboxylic acid groups (broad SMARTS) is 1. The molecule has 0 heterocycles. The zero-order valence-corrected chi connectivity index (χ0v) is 6.70. The van der Waals surface area contributed by atoms with Crippen LogP contribution in [0.15, 0.2) is 36.5 Å². The molecule has 0 bridgehead atoms. The number of rotatable bonds is 3. The first-order valence-corrected chi connectivity index (χ1v) is 3.60. The van der Waals surface area contributed by atoms with Crippen molar-refractivity contribution in [1.29, 1.82) is 0 Å². The van der Waals surface area contributed by atoms with Gasteiger partial charge in [0.25, 0.3) is 0 Å². The van der Waals surface area contributed by atoms with Crippen LogP contribution in [0.1, 0.15) is 0 Å². The predicted molar refractivity (Wildman–Crippen MR) is 46.8 cm³/mol. The fourth-order valence-electron chi connectivity index (χ4n) is 0.755. The van der Waals surface area contributed by atoms with Crippen LogP contribution < -0.4 is 5.32 Å². The van der Waals surface area contributed by atoms with Gasteiger partial charge in [0.2, 0.25) is 0 Å². The Balaban J connectivity index is 2.55. The smallest absolute Gasteiger partial charge is 0.329 e.